The second kappa shape index (κ2) is 10.1. The van der Waals surface area contributed by atoms with Crippen LogP contribution in [0.5, 0.6) is 5.88 Å². The summed E-state index contributed by atoms with van der Waals surface area (Å²) in [7, 11) is -3.76. The van der Waals surface area contributed by atoms with E-state index < -0.39 is 29.0 Å². The molecule has 0 bridgehead atoms. The highest BCUT2D eigenvalue weighted by Gasteiger charge is 2.28. The molecule has 0 amide bonds. The Bertz CT molecular complexity index is 1020. The van der Waals surface area contributed by atoms with Gasteiger partial charge in [0, 0.05) is 24.9 Å². The number of halogens is 1. The van der Waals surface area contributed by atoms with Crippen molar-refractivity contribution in [2.24, 2.45) is 0 Å². The fraction of sp³-hybridized carbons (Fsp3) is 0.474. The first-order valence-electron chi connectivity index (χ1n) is 9.69. The van der Waals surface area contributed by atoms with Gasteiger partial charge in [-0.25, -0.2) is 9.37 Å². The molecule has 1 aliphatic rings. The van der Waals surface area contributed by atoms with E-state index in [1.54, 1.807) is 32.0 Å². The highest BCUT2D eigenvalue weighted by atomic mass is 32.2. The van der Waals surface area contributed by atoms with Crippen molar-refractivity contribution >= 4 is 27.8 Å². The molecule has 1 fully saturated rings. The van der Waals surface area contributed by atoms with E-state index >= 15 is 0 Å². The van der Waals surface area contributed by atoms with Crippen molar-refractivity contribution in [1.29, 1.82) is 0 Å². The summed E-state index contributed by atoms with van der Waals surface area (Å²) in [5.41, 5.74) is 0.984. The van der Waals surface area contributed by atoms with Gasteiger partial charge in [0.1, 0.15) is 23.8 Å². The Hall–Kier alpha value is -1.99. The molecule has 0 spiro atoms. The van der Waals surface area contributed by atoms with E-state index in [0.29, 0.717) is 24.2 Å². The SMILES string of the molecule is Cc1cccc(CSc2nc(NS(=O)(=O)N3CCC3)cc(O[C@H](C)[C@@H](O)CO)n2)c1F. The fourth-order valence-corrected chi connectivity index (χ4v) is 4.75. The smallest absolute Gasteiger partial charge is 0.302 e. The van der Waals surface area contributed by atoms with Crippen molar-refractivity contribution in [3.63, 3.8) is 0 Å². The monoisotopic (exact) mass is 472 g/mol. The fourth-order valence-electron chi connectivity index (χ4n) is 2.68. The largest absolute Gasteiger partial charge is 0.472 e. The minimum absolute atomic E-state index is 0.00481. The summed E-state index contributed by atoms with van der Waals surface area (Å²) in [6.07, 6.45) is -1.15. The van der Waals surface area contributed by atoms with Gasteiger partial charge in [0.2, 0.25) is 5.88 Å². The molecular formula is C19H25FN4O5S2. The number of hydrogen-bond acceptors (Lipinski definition) is 8. The molecule has 3 N–H and O–H groups in total. The maximum Gasteiger partial charge on any atom is 0.302 e. The van der Waals surface area contributed by atoms with Crippen LogP contribution in [0, 0.1) is 12.7 Å². The molecule has 12 heteroatoms. The number of nitrogens with zero attached hydrogens (tertiary/aromatic N) is 3. The molecule has 1 aromatic carbocycles. The Balaban J connectivity index is 1.83. The van der Waals surface area contributed by atoms with Crippen molar-refractivity contribution in [1.82, 2.24) is 14.3 Å². The zero-order chi connectivity index (χ0) is 22.6. The van der Waals surface area contributed by atoms with E-state index in [1.807, 2.05) is 0 Å². The number of hydrogen-bond donors (Lipinski definition) is 3. The molecule has 0 aliphatic carbocycles. The summed E-state index contributed by atoms with van der Waals surface area (Å²) in [5, 5.41) is 19.0. The third-order valence-corrected chi connectivity index (χ3v) is 7.14. The van der Waals surface area contributed by atoms with Gasteiger partial charge in [-0.05, 0) is 31.4 Å². The number of benzene rings is 1. The Morgan fingerprint density at radius 1 is 1.35 bits per heavy atom. The molecule has 0 unspecified atom stereocenters. The molecule has 9 nitrogen and oxygen atoms in total. The summed E-state index contributed by atoms with van der Waals surface area (Å²) in [4.78, 5) is 8.45. The summed E-state index contributed by atoms with van der Waals surface area (Å²) in [6.45, 7) is 3.57. The highest BCUT2D eigenvalue weighted by Crippen LogP contribution is 2.27. The van der Waals surface area contributed by atoms with Crippen molar-refractivity contribution in [2.45, 2.75) is 43.4 Å². The number of anilines is 1. The molecule has 1 saturated heterocycles. The van der Waals surface area contributed by atoms with Crippen molar-refractivity contribution in [2.75, 3.05) is 24.4 Å². The second-order valence-electron chi connectivity index (χ2n) is 7.14. The molecule has 170 valence electrons. The molecule has 1 aliphatic heterocycles. The number of rotatable bonds is 10. The number of aryl methyl sites for hydroxylation is 1. The Morgan fingerprint density at radius 3 is 2.74 bits per heavy atom. The lowest BCUT2D eigenvalue weighted by Crippen LogP contribution is -2.45. The molecule has 0 saturated carbocycles. The molecule has 2 heterocycles. The van der Waals surface area contributed by atoms with E-state index in [9.17, 15) is 17.9 Å². The molecular weight excluding hydrogens is 447 g/mol. The van der Waals surface area contributed by atoms with Crippen molar-refractivity contribution < 1.29 is 27.8 Å². The van der Waals surface area contributed by atoms with Gasteiger partial charge >= 0.3 is 10.2 Å². The molecule has 2 aromatic rings. The predicted octanol–water partition coefficient (Wildman–Crippen LogP) is 1.70. The topological polar surface area (TPSA) is 125 Å². The number of nitrogens with one attached hydrogen (secondary N) is 1. The summed E-state index contributed by atoms with van der Waals surface area (Å²) < 4.78 is 48.4. The van der Waals surface area contributed by atoms with Crippen LogP contribution in [0.4, 0.5) is 10.2 Å². The predicted molar refractivity (Wildman–Crippen MR) is 115 cm³/mol. The standard InChI is InChI=1S/C19H25FN4O5S2/c1-12-5-3-6-14(18(12)20)11-30-19-21-16(23-31(27,28)24-7-4-8-24)9-17(22-19)29-13(2)15(26)10-25/h3,5-6,9,13,15,25-26H,4,7-8,10-11H2,1-2H3,(H,21,22,23)/t13-,15+/m1/s1. The maximum absolute atomic E-state index is 14.3. The van der Waals surface area contributed by atoms with E-state index in [1.165, 1.54) is 10.4 Å². The number of aromatic nitrogens is 2. The van der Waals surface area contributed by atoms with Gasteiger partial charge in [0.15, 0.2) is 5.16 Å². The van der Waals surface area contributed by atoms with Gasteiger partial charge in [0.05, 0.1) is 6.61 Å². The van der Waals surface area contributed by atoms with Gasteiger partial charge in [-0.2, -0.15) is 17.7 Å². The molecule has 3 rings (SSSR count). The lowest BCUT2D eigenvalue weighted by atomic mass is 10.1. The van der Waals surface area contributed by atoms with Gasteiger partial charge in [-0.1, -0.05) is 30.0 Å². The van der Waals surface area contributed by atoms with Crippen molar-refractivity contribution in [3.05, 3.63) is 41.2 Å². The Morgan fingerprint density at radius 2 is 2.10 bits per heavy atom. The Labute approximate surface area is 184 Å². The molecule has 31 heavy (non-hydrogen) atoms. The average molecular weight is 473 g/mol. The third kappa shape index (κ3) is 6.04. The number of thioether (sulfide) groups is 1. The van der Waals surface area contributed by atoms with Gasteiger partial charge in [0.25, 0.3) is 0 Å². The van der Waals surface area contributed by atoms with Crippen LogP contribution in [0.1, 0.15) is 24.5 Å². The van der Waals surface area contributed by atoms with Crippen molar-refractivity contribution in [3.8, 4) is 5.88 Å². The lowest BCUT2D eigenvalue weighted by molar-refractivity contribution is 0.00599. The Kier molecular flexibility index (Phi) is 7.70. The van der Waals surface area contributed by atoms with E-state index in [4.69, 9.17) is 9.84 Å². The number of aliphatic hydroxyl groups is 2. The first-order valence-corrected chi connectivity index (χ1v) is 12.1. The average Bonchev–Trinajstić information content (AvgIpc) is 2.66. The second-order valence-corrected chi connectivity index (χ2v) is 9.76. The number of ether oxygens (including phenoxy) is 1. The van der Waals surface area contributed by atoms with Crippen LogP contribution in [0.2, 0.25) is 0 Å². The summed E-state index contributed by atoms with van der Waals surface area (Å²) in [5.74, 6) is -0.0801. The van der Waals surface area contributed by atoms with Crippen LogP contribution in [0.3, 0.4) is 0 Å². The number of aliphatic hydroxyl groups excluding tert-OH is 2. The minimum Gasteiger partial charge on any atom is -0.472 e. The quantitative estimate of drug-likeness (QED) is 0.353. The lowest BCUT2D eigenvalue weighted by Gasteiger charge is -2.29. The summed E-state index contributed by atoms with van der Waals surface area (Å²) >= 11 is 1.12. The van der Waals surface area contributed by atoms with Crippen LogP contribution in [0.25, 0.3) is 0 Å². The summed E-state index contributed by atoms with van der Waals surface area (Å²) in [6, 6.07) is 6.38. The zero-order valence-electron chi connectivity index (χ0n) is 17.2. The van der Waals surface area contributed by atoms with Crippen LogP contribution >= 0.6 is 11.8 Å². The van der Waals surface area contributed by atoms with E-state index in [-0.39, 0.29) is 28.4 Å². The van der Waals surface area contributed by atoms with Gasteiger partial charge in [-0.3, -0.25) is 4.72 Å². The third-order valence-electron chi connectivity index (χ3n) is 4.73. The molecule has 0 radical (unpaired) electrons. The molecule has 2 atom stereocenters. The zero-order valence-corrected chi connectivity index (χ0v) is 18.8. The maximum atomic E-state index is 14.3. The normalized spacial score (nSPS) is 16.4. The van der Waals surface area contributed by atoms with Crippen LogP contribution in [0.15, 0.2) is 29.4 Å². The van der Waals surface area contributed by atoms with Crippen LogP contribution in [-0.2, 0) is 16.0 Å². The van der Waals surface area contributed by atoms with Gasteiger partial charge < -0.3 is 14.9 Å². The first-order chi connectivity index (χ1) is 14.7. The van der Waals surface area contributed by atoms with Crippen LogP contribution < -0.4 is 9.46 Å². The molecule has 1 aromatic heterocycles. The highest BCUT2D eigenvalue weighted by molar-refractivity contribution is 7.98. The van der Waals surface area contributed by atoms with E-state index in [2.05, 4.69) is 14.7 Å². The van der Waals surface area contributed by atoms with Crippen LogP contribution in [-0.4, -0.2) is 64.8 Å². The van der Waals surface area contributed by atoms with Gasteiger partial charge in [-0.15, -0.1) is 0 Å². The minimum atomic E-state index is -3.76. The van der Waals surface area contributed by atoms with E-state index in [0.717, 1.165) is 18.2 Å². The first kappa shape index (κ1) is 23.7.